The second-order valence-electron chi connectivity index (χ2n) is 13.4. The van der Waals surface area contributed by atoms with Crippen LogP contribution < -0.4 is 15.1 Å². The van der Waals surface area contributed by atoms with Gasteiger partial charge in [0.15, 0.2) is 0 Å². The van der Waals surface area contributed by atoms with Crippen molar-refractivity contribution < 1.29 is 31.3 Å². The minimum Gasteiger partial charge on any atom is -0.380 e. The number of nitriles is 2. The first-order chi connectivity index (χ1) is 26.5. The molecule has 1 N–H and O–H groups in total. The van der Waals surface area contributed by atoms with E-state index in [-0.39, 0.29) is 28.2 Å². The highest BCUT2D eigenvalue weighted by Crippen LogP contribution is 2.39. The lowest BCUT2D eigenvalue weighted by Crippen LogP contribution is -2.31. The van der Waals surface area contributed by atoms with Gasteiger partial charge in [0, 0.05) is 76.4 Å². The first kappa shape index (κ1) is 43.2. The molecule has 0 spiro atoms. The Bertz CT molecular complexity index is 2030. The number of nitro groups is 1. The Labute approximate surface area is 326 Å². The number of nitrogens with one attached hydrogen (secondary N) is 1. The third-order valence-corrected chi connectivity index (χ3v) is 9.40. The fraction of sp³-hybridized carbons (Fsp3) is 0.350. The Kier molecular flexibility index (Phi) is 15.0. The van der Waals surface area contributed by atoms with Crippen molar-refractivity contribution >= 4 is 34.4 Å². The van der Waals surface area contributed by atoms with E-state index in [0.29, 0.717) is 24.2 Å². The van der Waals surface area contributed by atoms with Gasteiger partial charge in [-0.15, -0.1) is 0 Å². The zero-order chi connectivity index (χ0) is 41.0. The molecule has 2 saturated heterocycles. The average Bonchev–Trinajstić information content (AvgIpc) is 3.61. The summed E-state index contributed by atoms with van der Waals surface area (Å²) in [5.74, 6) is 0. The van der Waals surface area contributed by atoms with Crippen LogP contribution in [0.25, 0.3) is 0 Å². The summed E-state index contributed by atoms with van der Waals surface area (Å²) in [4.78, 5) is 15.8. The minimum absolute atomic E-state index is 0.00734. The average molecular weight is 800 g/mol. The van der Waals surface area contributed by atoms with Crippen molar-refractivity contribution in [3.05, 3.63) is 128 Å². The smallest absolute Gasteiger partial charge is 0.380 e. The van der Waals surface area contributed by atoms with Gasteiger partial charge >= 0.3 is 12.4 Å². The first-order valence-electron chi connectivity index (χ1n) is 17.6. The molecule has 0 radical (unpaired) electrons. The summed E-state index contributed by atoms with van der Waals surface area (Å²) in [5.41, 5.74) is 0.886. The summed E-state index contributed by atoms with van der Waals surface area (Å²) >= 11 is 6.14. The van der Waals surface area contributed by atoms with Gasteiger partial charge in [-0.3, -0.25) is 15.0 Å². The molecule has 16 heteroatoms. The van der Waals surface area contributed by atoms with Crippen LogP contribution >= 0.6 is 11.6 Å². The molecular weight excluding hydrogens is 760 g/mol. The molecule has 0 aliphatic carbocycles. The van der Waals surface area contributed by atoms with Gasteiger partial charge in [-0.1, -0.05) is 41.9 Å². The molecule has 6 rings (SSSR count). The van der Waals surface area contributed by atoms with E-state index in [9.17, 15) is 36.5 Å². The van der Waals surface area contributed by atoms with E-state index in [0.717, 1.165) is 63.1 Å². The minimum atomic E-state index is -4.44. The molecule has 2 aliphatic heterocycles. The molecule has 1 unspecified atom stereocenters. The highest BCUT2D eigenvalue weighted by atomic mass is 35.5. The van der Waals surface area contributed by atoms with Crippen LogP contribution in [0.15, 0.2) is 84.9 Å². The highest BCUT2D eigenvalue weighted by molar-refractivity contribution is 6.33. The van der Waals surface area contributed by atoms with Crippen molar-refractivity contribution in [2.75, 3.05) is 55.4 Å². The van der Waals surface area contributed by atoms with Gasteiger partial charge < -0.3 is 15.1 Å². The zero-order valence-electron chi connectivity index (χ0n) is 30.7. The summed E-state index contributed by atoms with van der Waals surface area (Å²) in [6, 6.07) is 26.0. The predicted octanol–water partition coefficient (Wildman–Crippen LogP) is 10.1. The maximum atomic E-state index is 13.0. The monoisotopic (exact) mass is 799 g/mol. The van der Waals surface area contributed by atoms with Crippen LogP contribution in [0.5, 0.6) is 0 Å². The molecule has 0 amide bonds. The number of likely N-dealkylation sites (tertiary alicyclic amines) is 1. The van der Waals surface area contributed by atoms with Crippen molar-refractivity contribution in [2.45, 2.75) is 50.6 Å². The molecule has 1 atom stereocenters. The summed E-state index contributed by atoms with van der Waals surface area (Å²) in [6.07, 6.45) is -4.94. The standard InChI is InChI=1S/C17H18ClN3O2.C13H13F3N2.C10H9F3N2/c18-16-10-15(21(22)23)6-7-17(16)19-14-8-9-20(12-14)11-13-4-2-1-3-5-13;14-13(15,16)11-8-10(9-17)4-5-12(11)18-6-2-1-3-7-18;1-15(2)9-4-3-7(6-14)5-8(9)10(11,12)13/h1-7,10,14,19H,8-9,11-12H2;4-5,8H,1-3,6-7H2;3-5H,1-2H3. The summed E-state index contributed by atoms with van der Waals surface area (Å²) in [7, 11) is 3.05. The summed E-state index contributed by atoms with van der Waals surface area (Å²) in [5, 5.41) is 31.8. The number of anilines is 3. The van der Waals surface area contributed by atoms with Crippen molar-refractivity contribution in [2.24, 2.45) is 0 Å². The number of non-ortho nitro benzene ring substituents is 1. The van der Waals surface area contributed by atoms with Crippen LogP contribution in [0.1, 0.15) is 53.5 Å². The number of hydrogen-bond acceptors (Lipinski definition) is 8. The number of piperidine rings is 1. The van der Waals surface area contributed by atoms with Crippen LogP contribution in [0.4, 0.5) is 49.1 Å². The van der Waals surface area contributed by atoms with Crippen molar-refractivity contribution in [1.82, 2.24) is 4.90 Å². The Morgan fingerprint density at radius 1 is 0.839 bits per heavy atom. The number of halogens is 7. The van der Waals surface area contributed by atoms with E-state index in [4.69, 9.17) is 22.1 Å². The molecule has 4 aromatic rings. The Morgan fingerprint density at radius 3 is 2.00 bits per heavy atom. The number of rotatable bonds is 7. The van der Waals surface area contributed by atoms with E-state index in [1.165, 1.54) is 61.0 Å². The molecular formula is C40H40ClF6N7O2. The maximum Gasteiger partial charge on any atom is 0.418 e. The van der Waals surface area contributed by atoms with Crippen LogP contribution in [0.2, 0.25) is 5.02 Å². The molecule has 4 aromatic carbocycles. The van der Waals surface area contributed by atoms with Gasteiger partial charge in [0.2, 0.25) is 0 Å². The molecule has 2 heterocycles. The lowest BCUT2D eigenvalue weighted by molar-refractivity contribution is -0.384. The molecule has 0 saturated carbocycles. The van der Waals surface area contributed by atoms with Crippen molar-refractivity contribution in [1.29, 1.82) is 10.5 Å². The van der Waals surface area contributed by atoms with E-state index in [1.807, 2.05) is 6.07 Å². The predicted molar refractivity (Wildman–Crippen MR) is 205 cm³/mol. The number of hydrogen-bond donors (Lipinski definition) is 1. The maximum absolute atomic E-state index is 13.0. The zero-order valence-corrected chi connectivity index (χ0v) is 31.4. The largest absolute Gasteiger partial charge is 0.418 e. The number of alkyl halides is 6. The molecule has 0 aromatic heterocycles. The Balaban J connectivity index is 0.000000192. The van der Waals surface area contributed by atoms with Crippen molar-refractivity contribution in [3.8, 4) is 12.1 Å². The van der Waals surface area contributed by atoms with Crippen LogP contribution in [0, 0.1) is 32.8 Å². The van der Waals surface area contributed by atoms with E-state index < -0.39 is 28.4 Å². The normalized spacial score (nSPS) is 15.6. The fourth-order valence-corrected chi connectivity index (χ4v) is 6.59. The molecule has 9 nitrogen and oxygen atoms in total. The van der Waals surface area contributed by atoms with Gasteiger partial charge in [0.25, 0.3) is 5.69 Å². The summed E-state index contributed by atoms with van der Waals surface area (Å²) < 4.78 is 76.7. The Morgan fingerprint density at radius 2 is 1.45 bits per heavy atom. The quantitative estimate of drug-likeness (QED) is 0.112. The molecule has 0 bridgehead atoms. The lowest BCUT2D eigenvalue weighted by Gasteiger charge is -2.31. The van der Waals surface area contributed by atoms with Gasteiger partial charge in [0.1, 0.15) is 0 Å². The third-order valence-electron chi connectivity index (χ3n) is 9.09. The molecule has 2 aliphatic rings. The number of benzene rings is 4. The van der Waals surface area contributed by atoms with E-state index >= 15 is 0 Å². The van der Waals surface area contributed by atoms with Crippen LogP contribution in [-0.2, 0) is 18.9 Å². The second kappa shape index (κ2) is 19.4. The first-order valence-corrected chi connectivity index (χ1v) is 18.0. The van der Waals surface area contributed by atoms with E-state index in [1.54, 1.807) is 23.1 Å². The highest BCUT2D eigenvalue weighted by Gasteiger charge is 2.36. The number of nitro benzene ring substituents is 1. The van der Waals surface area contributed by atoms with Crippen LogP contribution in [0.3, 0.4) is 0 Å². The molecule has 296 valence electrons. The lowest BCUT2D eigenvalue weighted by atomic mass is 10.0. The van der Waals surface area contributed by atoms with Gasteiger partial charge in [-0.2, -0.15) is 36.9 Å². The SMILES string of the molecule is CN(C)c1ccc(C#N)cc1C(F)(F)F.N#Cc1ccc(N2CCCCC2)c(C(F)(F)F)c1.O=[N+]([O-])c1ccc(NC2CCN(Cc3ccccc3)C2)c(Cl)c1. The molecule has 2 fully saturated rings. The Hall–Kier alpha value is -5.51. The van der Waals surface area contributed by atoms with E-state index in [2.05, 4.69) is 34.5 Å². The van der Waals surface area contributed by atoms with Gasteiger partial charge in [0.05, 0.1) is 50.0 Å². The topological polar surface area (TPSA) is 112 Å². The second-order valence-corrected chi connectivity index (χ2v) is 13.8. The fourth-order valence-electron chi connectivity index (χ4n) is 6.36. The van der Waals surface area contributed by atoms with Crippen molar-refractivity contribution in [3.63, 3.8) is 0 Å². The van der Waals surface area contributed by atoms with Crippen LogP contribution in [-0.4, -0.2) is 56.1 Å². The third kappa shape index (κ3) is 12.2. The number of nitrogens with zero attached hydrogens (tertiary/aromatic N) is 6. The summed E-state index contributed by atoms with van der Waals surface area (Å²) in [6.45, 7) is 4.19. The van der Waals surface area contributed by atoms with Gasteiger partial charge in [-0.25, -0.2) is 0 Å². The molecule has 56 heavy (non-hydrogen) atoms. The van der Waals surface area contributed by atoms with Gasteiger partial charge in [-0.05, 0) is 73.7 Å².